The normalized spacial score (nSPS) is 7.30. The van der Waals surface area contributed by atoms with Crippen molar-refractivity contribution in [2.45, 2.75) is 0 Å². The van der Waals surface area contributed by atoms with Gasteiger partial charge in [0.15, 0.2) is 0 Å². The minimum atomic E-state index is -0.579. The first-order chi connectivity index (χ1) is 4.16. The fourth-order valence-electron chi connectivity index (χ4n) is 0.240. The number of carbonyl (C=O) groups excluding carboxylic acids is 1. The fourth-order valence-corrected chi connectivity index (χ4v) is 0.240. The average Bonchev–Trinajstić information content (AvgIpc) is 1.83. The highest BCUT2D eigenvalue weighted by atomic mass is 35.5. The van der Waals surface area contributed by atoms with Crippen LogP contribution >= 0.6 is 12.4 Å². The van der Waals surface area contributed by atoms with E-state index in [0.717, 1.165) is 0 Å². The summed E-state index contributed by atoms with van der Waals surface area (Å²) in [6.07, 6.45) is -0.579. The quantitative estimate of drug-likeness (QED) is 0.390. The number of ether oxygens (including phenoxy) is 1. The molecule has 0 heterocycles. The van der Waals surface area contributed by atoms with Crippen LogP contribution in [0.3, 0.4) is 0 Å². The van der Waals surface area contributed by atoms with Gasteiger partial charge in [0.05, 0.1) is 13.7 Å². The predicted molar refractivity (Wildman–Crippen MR) is 39.6 cm³/mol. The van der Waals surface area contributed by atoms with E-state index in [9.17, 15) is 4.79 Å². The molecule has 0 aromatic carbocycles. The Kier molecular flexibility index (Phi) is 7.25. The summed E-state index contributed by atoms with van der Waals surface area (Å²) >= 11 is 0. The average molecular weight is 168 g/mol. The number of halogens is 1. The topological polar surface area (TPSA) is 88.2 Å². The van der Waals surface area contributed by atoms with Crippen molar-refractivity contribution in [1.82, 2.24) is 5.32 Å². The van der Waals surface area contributed by atoms with E-state index in [4.69, 9.17) is 11.1 Å². The van der Waals surface area contributed by atoms with Crippen molar-refractivity contribution in [1.29, 1.82) is 5.41 Å². The molecule has 0 saturated heterocycles. The van der Waals surface area contributed by atoms with E-state index in [-0.39, 0.29) is 24.8 Å². The molecule has 60 valence electrons. The van der Waals surface area contributed by atoms with Crippen molar-refractivity contribution in [3.63, 3.8) is 0 Å². The van der Waals surface area contributed by atoms with Gasteiger partial charge in [-0.05, 0) is 0 Å². The van der Waals surface area contributed by atoms with Crippen molar-refractivity contribution >= 4 is 24.3 Å². The van der Waals surface area contributed by atoms with Crippen molar-refractivity contribution in [2.24, 2.45) is 5.73 Å². The van der Waals surface area contributed by atoms with Gasteiger partial charge < -0.3 is 15.8 Å². The van der Waals surface area contributed by atoms with E-state index >= 15 is 0 Å². The van der Waals surface area contributed by atoms with Crippen LogP contribution in [0.4, 0.5) is 4.79 Å². The largest absolute Gasteiger partial charge is 0.453 e. The van der Waals surface area contributed by atoms with Crippen LogP contribution in [-0.2, 0) is 4.74 Å². The zero-order chi connectivity index (χ0) is 7.28. The third kappa shape index (κ3) is 7.03. The van der Waals surface area contributed by atoms with Crippen molar-refractivity contribution in [3.8, 4) is 0 Å². The summed E-state index contributed by atoms with van der Waals surface area (Å²) in [5.74, 6) is -0.0969. The SMILES string of the molecule is COC(=O)NCC(=N)N.Cl. The first kappa shape index (κ1) is 11.8. The molecule has 0 aliphatic heterocycles. The van der Waals surface area contributed by atoms with Gasteiger partial charge in [0.25, 0.3) is 0 Å². The molecule has 4 N–H and O–H groups in total. The van der Waals surface area contributed by atoms with Gasteiger partial charge in [-0.1, -0.05) is 0 Å². The van der Waals surface area contributed by atoms with E-state index in [2.05, 4.69) is 10.1 Å². The standard InChI is InChI=1S/C4H9N3O2.ClH/c1-9-4(8)7-2-3(5)6;/h2H2,1H3,(H3,5,6)(H,7,8);1H. The van der Waals surface area contributed by atoms with Crippen LogP contribution in [0.15, 0.2) is 0 Å². The third-order valence-corrected chi connectivity index (χ3v) is 0.609. The van der Waals surface area contributed by atoms with E-state index in [1.807, 2.05) is 0 Å². The van der Waals surface area contributed by atoms with Crippen LogP contribution in [0, 0.1) is 5.41 Å². The molecule has 10 heavy (non-hydrogen) atoms. The van der Waals surface area contributed by atoms with Gasteiger partial charge in [-0.2, -0.15) is 0 Å². The van der Waals surface area contributed by atoms with E-state index < -0.39 is 6.09 Å². The Morgan fingerprint density at radius 3 is 2.60 bits per heavy atom. The smallest absolute Gasteiger partial charge is 0.407 e. The molecule has 0 aliphatic carbocycles. The number of carbonyl (C=O) groups is 1. The zero-order valence-corrected chi connectivity index (χ0v) is 6.33. The van der Waals surface area contributed by atoms with Crippen LogP contribution < -0.4 is 11.1 Å². The summed E-state index contributed by atoms with van der Waals surface area (Å²) in [5, 5.41) is 8.89. The maximum absolute atomic E-state index is 10.2. The van der Waals surface area contributed by atoms with Gasteiger partial charge >= 0.3 is 6.09 Å². The lowest BCUT2D eigenvalue weighted by molar-refractivity contribution is 0.172. The number of nitrogens with one attached hydrogen (secondary N) is 2. The minimum Gasteiger partial charge on any atom is -0.453 e. The number of alkyl carbamates (subject to hydrolysis) is 1. The lowest BCUT2D eigenvalue weighted by Gasteiger charge is -1.99. The number of amides is 1. The number of hydrogen-bond donors (Lipinski definition) is 3. The Morgan fingerprint density at radius 2 is 2.30 bits per heavy atom. The summed E-state index contributed by atoms with van der Waals surface area (Å²) in [6, 6.07) is 0. The van der Waals surface area contributed by atoms with Gasteiger partial charge in [0, 0.05) is 0 Å². The second-order valence-electron chi connectivity index (χ2n) is 1.37. The molecule has 1 amide bonds. The molecule has 0 rings (SSSR count). The fraction of sp³-hybridized carbons (Fsp3) is 0.500. The highest BCUT2D eigenvalue weighted by Gasteiger charge is 1.95. The Balaban J connectivity index is 0. The number of hydrogen-bond acceptors (Lipinski definition) is 3. The molecule has 0 spiro atoms. The Morgan fingerprint density at radius 1 is 1.80 bits per heavy atom. The van der Waals surface area contributed by atoms with Gasteiger partial charge in [-0.25, -0.2) is 4.79 Å². The molecule has 6 heteroatoms. The van der Waals surface area contributed by atoms with E-state index in [1.54, 1.807) is 0 Å². The number of nitrogens with two attached hydrogens (primary N) is 1. The molecule has 0 radical (unpaired) electrons. The molecule has 0 unspecified atom stereocenters. The number of methoxy groups -OCH3 is 1. The molecule has 0 atom stereocenters. The minimum absolute atomic E-state index is 0. The molecule has 0 aromatic heterocycles. The summed E-state index contributed by atoms with van der Waals surface area (Å²) in [5.41, 5.74) is 4.91. The van der Waals surface area contributed by atoms with Gasteiger partial charge in [0.2, 0.25) is 0 Å². The van der Waals surface area contributed by atoms with Crippen LogP contribution in [0.5, 0.6) is 0 Å². The van der Waals surface area contributed by atoms with E-state index in [0.29, 0.717) is 0 Å². The number of amidine groups is 1. The molecule has 0 aromatic rings. The summed E-state index contributed by atoms with van der Waals surface area (Å²) < 4.78 is 4.20. The van der Waals surface area contributed by atoms with Crippen molar-refractivity contribution in [2.75, 3.05) is 13.7 Å². The lowest BCUT2D eigenvalue weighted by atomic mass is 10.6. The highest BCUT2D eigenvalue weighted by Crippen LogP contribution is 1.67. The molecule has 5 nitrogen and oxygen atoms in total. The monoisotopic (exact) mass is 167 g/mol. The molecular weight excluding hydrogens is 158 g/mol. The second-order valence-corrected chi connectivity index (χ2v) is 1.37. The van der Waals surface area contributed by atoms with Crippen molar-refractivity contribution < 1.29 is 9.53 Å². The first-order valence-electron chi connectivity index (χ1n) is 2.31. The van der Waals surface area contributed by atoms with Crippen molar-refractivity contribution in [3.05, 3.63) is 0 Å². The summed E-state index contributed by atoms with van der Waals surface area (Å²) in [6.45, 7) is 0.0344. The zero-order valence-electron chi connectivity index (χ0n) is 5.51. The Bertz CT molecular complexity index is 128. The number of rotatable bonds is 2. The van der Waals surface area contributed by atoms with Gasteiger partial charge in [0.1, 0.15) is 5.84 Å². The summed E-state index contributed by atoms with van der Waals surface area (Å²) in [4.78, 5) is 10.2. The second kappa shape index (κ2) is 6.15. The van der Waals surface area contributed by atoms with E-state index in [1.165, 1.54) is 7.11 Å². The van der Waals surface area contributed by atoms with Crippen LogP contribution in [0.2, 0.25) is 0 Å². The van der Waals surface area contributed by atoms with Crippen LogP contribution in [-0.4, -0.2) is 25.6 Å². The van der Waals surface area contributed by atoms with Gasteiger partial charge in [-0.3, -0.25) is 5.41 Å². The highest BCUT2D eigenvalue weighted by molar-refractivity contribution is 5.85. The molecular formula is C4H10ClN3O2. The molecule has 0 saturated carbocycles. The maximum Gasteiger partial charge on any atom is 0.407 e. The first-order valence-corrected chi connectivity index (χ1v) is 2.31. The molecule has 0 aliphatic rings. The predicted octanol–water partition coefficient (Wildman–Crippen LogP) is -0.300. The Labute approximate surface area is 64.8 Å². The van der Waals surface area contributed by atoms with Crippen LogP contribution in [0.1, 0.15) is 0 Å². The molecule has 0 bridgehead atoms. The van der Waals surface area contributed by atoms with Gasteiger partial charge in [-0.15, -0.1) is 12.4 Å². The lowest BCUT2D eigenvalue weighted by Crippen LogP contribution is -2.32. The van der Waals surface area contributed by atoms with Crippen LogP contribution in [0.25, 0.3) is 0 Å². The maximum atomic E-state index is 10.2. The third-order valence-electron chi connectivity index (χ3n) is 0.609. The molecule has 0 fully saturated rings. The summed E-state index contributed by atoms with van der Waals surface area (Å²) in [7, 11) is 1.25. The Hall–Kier alpha value is -0.970.